The minimum absolute atomic E-state index is 0.564. The molecule has 1 aromatic carbocycles. The van der Waals surface area contributed by atoms with E-state index in [1.54, 1.807) is 0 Å². The summed E-state index contributed by atoms with van der Waals surface area (Å²) in [6.45, 7) is 6.33. The zero-order valence-electron chi connectivity index (χ0n) is 13.4. The highest BCUT2D eigenvalue weighted by Gasteiger charge is 2.19. The normalized spacial score (nSPS) is 14.8. The van der Waals surface area contributed by atoms with Gasteiger partial charge in [-0.15, -0.1) is 0 Å². The van der Waals surface area contributed by atoms with Gasteiger partial charge in [0, 0.05) is 16.9 Å². The van der Waals surface area contributed by atoms with Crippen LogP contribution in [0.25, 0.3) is 0 Å². The van der Waals surface area contributed by atoms with Gasteiger partial charge in [0.25, 0.3) is 0 Å². The Morgan fingerprint density at radius 2 is 2.10 bits per heavy atom. The molecule has 0 saturated heterocycles. The van der Waals surface area contributed by atoms with E-state index in [4.69, 9.17) is 4.74 Å². The summed E-state index contributed by atoms with van der Waals surface area (Å²) in [6, 6.07) is 5.00. The van der Waals surface area contributed by atoms with E-state index in [1.807, 2.05) is 0 Å². The largest absolute Gasteiger partial charge is 0.493 e. The lowest BCUT2D eigenvalue weighted by Gasteiger charge is -2.19. The molecule has 2 nitrogen and oxygen atoms in total. The van der Waals surface area contributed by atoms with Gasteiger partial charge in [-0.1, -0.05) is 55.5 Å². The van der Waals surface area contributed by atoms with Gasteiger partial charge in [0.15, 0.2) is 0 Å². The molecule has 1 N–H and O–H groups in total. The Kier molecular flexibility index (Phi) is 7.05. The molecule has 21 heavy (non-hydrogen) atoms. The van der Waals surface area contributed by atoms with Crippen molar-refractivity contribution in [3.05, 3.63) is 27.7 Å². The second-order valence-corrected chi connectivity index (χ2v) is 6.88. The van der Waals surface area contributed by atoms with Crippen LogP contribution in [0.2, 0.25) is 0 Å². The number of ether oxygens (including phenoxy) is 1. The third-order valence-electron chi connectivity index (χ3n) is 4.19. The van der Waals surface area contributed by atoms with Gasteiger partial charge in [-0.2, -0.15) is 0 Å². The van der Waals surface area contributed by atoms with Gasteiger partial charge in [0.05, 0.1) is 6.61 Å². The van der Waals surface area contributed by atoms with Crippen LogP contribution in [-0.4, -0.2) is 19.2 Å². The first-order valence-electron chi connectivity index (χ1n) is 8.42. The predicted molar refractivity (Wildman–Crippen MR) is 93.3 cm³/mol. The Labute approximate surface area is 137 Å². The first-order valence-corrected chi connectivity index (χ1v) is 9.21. The molecular weight excluding hydrogens is 326 g/mol. The van der Waals surface area contributed by atoms with Crippen LogP contribution in [-0.2, 0) is 12.8 Å². The predicted octanol–water partition coefficient (Wildman–Crippen LogP) is 4.88. The number of halogens is 1. The Morgan fingerprint density at radius 1 is 1.24 bits per heavy atom. The molecule has 1 aromatic rings. The van der Waals surface area contributed by atoms with Gasteiger partial charge in [-0.25, -0.2) is 0 Å². The fraction of sp³-hybridized carbons (Fsp3) is 0.667. The molecule has 2 rings (SSSR count). The molecule has 1 aliphatic heterocycles. The van der Waals surface area contributed by atoms with E-state index >= 15 is 0 Å². The molecular formula is C18H28BrNO. The highest BCUT2D eigenvalue weighted by Crippen LogP contribution is 2.34. The maximum Gasteiger partial charge on any atom is 0.125 e. The zero-order valence-corrected chi connectivity index (χ0v) is 15.0. The van der Waals surface area contributed by atoms with Crippen molar-refractivity contribution in [1.82, 2.24) is 5.32 Å². The van der Waals surface area contributed by atoms with Crippen molar-refractivity contribution in [2.24, 2.45) is 0 Å². The minimum Gasteiger partial charge on any atom is -0.493 e. The van der Waals surface area contributed by atoms with Crippen molar-refractivity contribution in [3.63, 3.8) is 0 Å². The van der Waals surface area contributed by atoms with Crippen molar-refractivity contribution in [2.75, 3.05) is 13.2 Å². The number of unbranched alkanes of at least 4 members (excludes halogenated alkanes) is 3. The Balaban J connectivity index is 1.99. The van der Waals surface area contributed by atoms with Gasteiger partial charge in [-0.05, 0) is 42.6 Å². The second kappa shape index (κ2) is 8.79. The molecule has 1 unspecified atom stereocenters. The fourth-order valence-corrected chi connectivity index (χ4v) is 3.70. The van der Waals surface area contributed by atoms with Gasteiger partial charge in [0.2, 0.25) is 0 Å². The highest BCUT2D eigenvalue weighted by atomic mass is 79.9. The topological polar surface area (TPSA) is 21.3 Å². The molecule has 1 heterocycles. The first kappa shape index (κ1) is 16.8. The maximum atomic E-state index is 5.86. The summed E-state index contributed by atoms with van der Waals surface area (Å²) in [5.41, 5.74) is 2.72. The zero-order chi connectivity index (χ0) is 15.1. The van der Waals surface area contributed by atoms with E-state index < -0.39 is 0 Å². The smallest absolute Gasteiger partial charge is 0.125 e. The Hall–Kier alpha value is -0.540. The average Bonchev–Trinajstić information content (AvgIpc) is 2.92. The van der Waals surface area contributed by atoms with Gasteiger partial charge in [0.1, 0.15) is 5.75 Å². The van der Waals surface area contributed by atoms with Gasteiger partial charge < -0.3 is 10.1 Å². The molecule has 0 saturated carbocycles. The first-order chi connectivity index (χ1) is 10.2. The van der Waals surface area contributed by atoms with E-state index in [0.717, 1.165) is 31.7 Å². The molecule has 118 valence electrons. The lowest BCUT2D eigenvalue weighted by Crippen LogP contribution is -2.31. The molecule has 0 aliphatic carbocycles. The summed E-state index contributed by atoms with van der Waals surface area (Å²) in [5.74, 6) is 1.15. The lowest BCUT2D eigenvalue weighted by atomic mass is 9.97. The van der Waals surface area contributed by atoms with Crippen LogP contribution in [0.3, 0.4) is 0 Å². The van der Waals surface area contributed by atoms with Crippen molar-refractivity contribution in [3.8, 4) is 5.75 Å². The number of benzene rings is 1. The van der Waals surface area contributed by atoms with Crippen molar-refractivity contribution < 1.29 is 4.74 Å². The number of fused-ring (bicyclic) bond motifs is 1. The Morgan fingerprint density at radius 3 is 2.86 bits per heavy atom. The second-order valence-electron chi connectivity index (χ2n) is 5.96. The van der Waals surface area contributed by atoms with E-state index in [9.17, 15) is 0 Å². The van der Waals surface area contributed by atoms with E-state index in [2.05, 4.69) is 47.2 Å². The maximum absolute atomic E-state index is 5.86. The standard InChI is InChI=1S/C18H28BrNO/c1-3-5-6-7-8-17(20-4-2)13-15-12-16(19)11-14-9-10-21-18(14)15/h11-12,17,20H,3-10,13H2,1-2H3. The molecule has 0 radical (unpaired) electrons. The van der Waals surface area contributed by atoms with Crippen LogP contribution in [0.1, 0.15) is 57.1 Å². The molecule has 1 aliphatic rings. The average molecular weight is 354 g/mol. The number of hydrogen-bond donors (Lipinski definition) is 1. The van der Waals surface area contributed by atoms with Crippen LogP contribution >= 0.6 is 15.9 Å². The van der Waals surface area contributed by atoms with Crippen molar-refractivity contribution >= 4 is 15.9 Å². The van der Waals surface area contributed by atoms with Crippen molar-refractivity contribution in [2.45, 2.75) is 64.8 Å². The summed E-state index contributed by atoms with van der Waals surface area (Å²) in [7, 11) is 0. The molecule has 1 atom stereocenters. The third-order valence-corrected chi connectivity index (χ3v) is 4.65. The molecule has 0 spiro atoms. The van der Waals surface area contributed by atoms with E-state index in [-0.39, 0.29) is 0 Å². The number of rotatable bonds is 9. The van der Waals surface area contributed by atoms with Crippen LogP contribution < -0.4 is 10.1 Å². The summed E-state index contributed by atoms with van der Waals surface area (Å²) >= 11 is 3.64. The van der Waals surface area contributed by atoms with Crippen molar-refractivity contribution in [1.29, 1.82) is 0 Å². The molecule has 0 aromatic heterocycles. The summed E-state index contributed by atoms with van der Waals surface area (Å²) in [6.07, 6.45) is 8.71. The molecule has 0 bridgehead atoms. The molecule has 0 fully saturated rings. The summed E-state index contributed by atoms with van der Waals surface area (Å²) < 4.78 is 7.04. The van der Waals surface area contributed by atoms with Crippen LogP contribution in [0, 0.1) is 0 Å². The lowest BCUT2D eigenvalue weighted by molar-refractivity contribution is 0.350. The van der Waals surface area contributed by atoms with Gasteiger partial charge >= 0.3 is 0 Å². The molecule has 0 amide bonds. The van der Waals surface area contributed by atoms with Crippen LogP contribution in [0.5, 0.6) is 5.75 Å². The highest BCUT2D eigenvalue weighted by molar-refractivity contribution is 9.10. The minimum atomic E-state index is 0.564. The quantitative estimate of drug-likeness (QED) is 0.639. The van der Waals surface area contributed by atoms with Crippen LogP contribution in [0.4, 0.5) is 0 Å². The number of hydrogen-bond acceptors (Lipinski definition) is 2. The van der Waals surface area contributed by atoms with Crippen LogP contribution in [0.15, 0.2) is 16.6 Å². The Bertz CT molecular complexity index is 447. The number of likely N-dealkylation sites (N-methyl/N-ethyl adjacent to an activating group) is 1. The molecule has 3 heteroatoms. The van der Waals surface area contributed by atoms with E-state index in [1.165, 1.54) is 47.7 Å². The summed E-state index contributed by atoms with van der Waals surface area (Å²) in [5, 5.41) is 3.65. The van der Waals surface area contributed by atoms with Gasteiger partial charge in [-0.3, -0.25) is 0 Å². The SMILES string of the molecule is CCCCCCC(Cc1cc(Br)cc2c1OCC2)NCC. The number of nitrogens with one attached hydrogen (secondary N) is 1. The monoisotopic (exact) mass is 353 g/mol. The third kappa shape index (κ3) is 5.00. The van der Waals surface area contributed by atoms with E-state index in [0.29, 0.717) is 6.04 Å². The fourth-order valence-electron chi connectivity index (χ4n) is 3.15. The summed E-state index contributed by atoms with van der Waals surface area (Å²) in [4.78, 5) is 0.